The van der Waals surface area contributed by atoms with Crippen molar-refractivity contribution in [3.63, 3.8) is 0 Å². The van der Waals surface area contributed by atoms with Crippen LogP contribution in [-0.2, 0) is 28.7 Å². The second-order valence-corrected chi connectivity index (χ2v) is 11.6. The van der Waals surface area contributed by atoms with Gasteiger partial charge in [-0.3, -0.25) is 19.2 Å². The van der Waals surface area contributed by atoms with E-state index >= 15 is 0 Å². The molecule has 1 aromatic rings. The third-order valence-electron chi connectivity index (χ3n) is 8.87. The number of likely N-dealkylation sites (tertiary alicyclic amines) is 1. The smallest absolute Gasteiger partial charge is 0.306 e. The number of aliphatic hydroxyl groups excluding tert-OH is 1. The largest absolute Gasteiger partial charge is 0.463 e. The van der Waals surface area contributed by atoms with Gasteiger partial charge in [-0.05, 0) is 25.3 Å². The summed E-state index contributed by atoms with van der Waals surface area (Å²) in [5.41, 5.74) is -0.561. The lowest BCUT2D eigenvalue weighted by Crippen LogP contribution is -2.58. The summed E-state index contributed by atoms with van der Waals surface area (Å²) < 4.78 is 12.0. The predicted octanol–water partition coefficient (Wildman–Crippen LogP) is 2.29. The first kappa shape index (κ1) is 30.0. The highest BCUT2D eigenvalue weighted by atomic mass is 16.5. The number of benzene rings is 1. The van der Waals surface area contributed by atoms with Gasteiger partial charge in [0.05, 0.1) is 36.6 Å². The zero-order chi connectivity index (χ0) is 29.9. The Morgan fingerprint density at radius 2 is 1.88 bits per heavy atom. The molecule has 0 aromatic heterocycles. The Labute approximate surface area is 246 Å². The van der Waals surface area contributed by atoms with Crippen LogP contribution >= 0.6 is 0 Å². The molecule has 4 aliphatic heterocycles. The number of hydrogen-bond donors (Lipinski definition) is 2. The molecule has 3 amide bonds. The van der Waals surface area contributed by atoms with Crippen molar-refractivity contribution in [1.29, 1.82) is 0 Å². The van der Waals surface area contributed by atoms with Crippen molar-refractivity contribution in [2.45, 2.75) is 75.8 Å². The first-order valence-corrected chi connectivity index (χ1v) is 15.1. The number of allylic oxidation sites excluding steroid dienone is 1. The highest BCUT2D eigenvalue weighted by Crippen LogP contribution is 2.56. The molecule has 2 N–H and O–H groups in total. The molecule has 42 heavy (non-hydrogen) atoms. The number of amides is 3. The number of fused-ring (bicyclic) bond motifs is 2. The average Bonchev–Trinajstić information content (AvgIpc) is 3.64. The molecule has 2 saturated heterocycles. The lowest BCUT2D eigenvalue weighted by Gasteiger charge is -2.37. The fourth-order valence-electron chi connectivity index (χ4n) is 6.71. The van der Waals surface area contributed by atoms with Crippen LogP contribution in [0, 0.1) is 11.8 Å². The van der Waals surface area contributed by atoms with Gasteiger partial charge in [0.15, 0.2) is 0 Å². The molecule has 1 spiro atoms. The number of aliphatic hydroxyl groups is 1. The topological polar surface area (TPSA) is 125 Å². The van der Waals surface area contributed by atoms with Gasteiger partial charge < -0.3 is 29.7 Å². The Bertz CT molecular complexity index is 1230. The Hall–Kier alpha value is -3.50. The molecule has 1 aromatic carbocycles. The lowest BCUT2D eigenvalue weighted by molar-refractivity contribution is -0.150. The second-order valence-electron chi connectivity index (χ2n) is 11.6. The third kappa shape index (κ3) is 5.49. The minimum absolute atomic E-state index is 0.0594. The molecule has 0 aliphatic carbocycles. The monoisotopic (exact) mass is 579 g/mol. The van der Waals surface area contributed by atoms with Crippen molar-refractivity contribution in [2.75, 3.05) is 26.3 Å². The third-order valence-corrected chi connectivity index (χ3v) is 8.87. The predicted molar refractivity (Wildman–Crippen MR) is 154 cm³/mol. The molecule has 7 atom stereocenters. The molecular weight excluding hydrogens is 538 g/mol. The normalized spacial score (nSPS) is 33.0. The zero-order valence-corrected chi connectivity index (χ0v) is 24.3. The highest BCUT2D eigenvalue weighted by Gasteiger charge is 2.73. The first-order chi connectivity index (χ1) is 20.3. The van der Waals surface area contributed by atoms with Crippen molar-refractivity contribution in [3.05, 3.63) is 60.2 Å². The van der Waals surface area contributed by atoms with E-state index < -0.39 is 47.6 Å². The van der Waals surface area contributed by atoms with Crippen molar-refractivity contribution in [3.8, 4) is 0 Å². The van der Waals surface area contributed by atoms with Gasteiger partial charge in [-0.25, -0.2) is 0 Å². The number of nitrogens with one attached hydrogen (secondary N) is 1. The summed E-state index contributed by atoms with van der Waals surface area (Å²) >= 11 is 0. The van der Waals surface area contributed by atoms with Crippen LogP contribution in [0.2, 0.25) is 0 Å². The van der Waals surface area contributed by atoms with Gasteiger partial charge in [-0.1, -0.05) is 74.4 Å². The highest BCUT2D eigenvalue weighted by molar-refractivity contribution is 6.00. The summed E-state index contributed by atoms with van der Waals surface area (Å²) in [4.78, 5) is 58.2. The van der Waals surface area contributed by atoms with E-state index in [2.05, 4.69) is 12.2 Å². The maximum atomic E-state index is 14.4. The van der Waals surface area contributed by atoms with Gasteiger partial charge in [0, 0.05) is 19.5 Å². The van der Waals surface area contributed by atoms with E-state index in [4.69, 9.17) is 9.47 Å². The Morgan fingerprint density at radius 3 is 2.62 bits per heavy atom. The minimum atomic E-state index is -1.32. The maximum Gasteiger partial charge on any atom is 0.306 e. The number of ether oxygens (including phenoxy) is 2. The van der Waals surface area contributed by atoms with Crippen molar-refractivity contribution >= 4 is 23.7 Å². The van der Waals surface area contributed by atoms with E-state index in [1.165, 1.54) is 4.90 Å². The van der Waals surface area contributed by atoms with Gasteiger partial charge in [0.25, 0.3) is 0 Å². The van der Waals surface area contributed by atoms with Crippen LogP contribution in [0.4, 0.5) is 0 Å². The van der Waals surface area contributed by atoms with Gasteiger partial charge in [-0.15, -0.1) is 0 Å². The van der Waals surface area contributed by atoms with Crippen LogP contribution in [0.5, 0.6) is 0 Å². The summed E-state index contributed by atoms with van der Waals surface area (Å²) in [5, 5.41) is 13.1. The van der Waals surface area contributed by atoms with E-state index in [0.717, 1.165) is 24.8 Å². The Balaban J connectivity index is 1.54. The van der Waals surface area contributed by atoms with E-state index in [9.17, 15) is 24.3 Å². The Morgan fingerprint density at radius 1 is 1.10 bits per heavy atom. The summed E-state index contributed by atoms with van der Waals surface area (Å²) in [5.74, 6) is -3.27. The zero-order valence-electron chi connectivity index (χ0n) is 24.3. The second kappa shape index (κ2) is 12.8. The van der Waals surface area contributed by atoms with Crippen LogP contribution in [0.25, 0.3) is 0 Å². The fourth-order valence-corrected chi connectivity index (χ4v) is 6.71. The number of esters is 1. The molecule has 0 saturated carbocycles. The van der Waals surface area contributed by atoms with E-state index in [1.54, 1.807) is 24.0 Å². The summed E-state index contributed by atoms with van der Waals surface area (Å²) in [7, 11) is 0. The average molecular weight is 580 g/mol. The van der Waals surface area contributed by atoms with Crippen LogP contribution < -0.4 is 5.32 Å². The summed E-state index contributed by atoms with van der Waals surface area (Å²) in [6.45, 7) is 4.19. The summed E-state index contributed by atoms with van der Waals surface area (Å²) in [6, 6.07) is 6.92. The summed E-state index contributed by atoms with van der Waals surface area (Å²) in [6.07, 6.45) is 9.91. The molecule has 2 fully saturated rings. The number of hydrogen-bond acceptors (Lipinski definition) is 7. The molecule has 0 radical (unpaired) electrons. The van der Waals surface area contributed by atoms with Gasteiger partial charge in [0.1, 0.15) is 18.2 Å². The van der Waals surface area contributed by atoms with Crippen molar-refractivity contribution in [1.82, 2.24) is 15.1 Å². The number of carbonyl (C=O) groups excluding carboxylic acids is 4. The van der Waals surface area contributed by atoms with Gasteiger partial charge in [0.2, 0.25) is 17.7 Å². The number of rotatable bonds is 7. The fraction of sp³-hybridized carbons (Fsp3) is 0.562. The molecule has 4 aliphatic rings. The van der Waals surface area contributed by atoms with Crippen molar-refractivity contribution < 1.29 is 33.8 Å². The van der Waals surface area contributed by atoms with Crippen LogP contribution in [0.3, 0.4) is 0 Å². The van der Waals surface area contributed by atoms with Crippen LogP contribution in [0.15, 0.2) is 54.6 Å². The quantitative estimate of drug-likeness (QED) is 0.289. The molecule has 0 unspecified atom stereocenters. The number of nitrogens with zero attached hydrogens (tertiary/aromatic N) is 2. The van der Waals surface area contributed by atoms with E-state index in [0.29, 0.717) is 19.5 Å². The van der Waals surface area contributed by atoms with E-state index in [-0.39, 0.29) is 37.4 Å². The number of cyclic esters (lactones) is 1. The molecule has 5 bridgehead atoms. The van der Waals surface area contributed by atoms with E-state index in [1.807, 2.05) is 42.5 Å². The minimum Gasteiger partial charge on any atom is -0.463 e. The molecule has 226 valence electrons. The number of carbonyl (C=O) groups is 4. The van der Waals surface area contributed by atoms with Gasteiger partial charge >= 0.3 is 5.97 Å². The van der Waals surface area contributed by atoms with Crippen LogP contribution in [0.1, 0.15) is 57.6 Å². The molecule has 4 heterocycles. The SMILES string of the molecule is CCCCCN1C/C=C\CCC(=O)OC[C@H](c2ccccc2)NC(=O)[C@@H]2[C@H]3C(=O)N([C@H](C)CO)[C@H](C1=O)[C@]31C=C[C@H]2O1. The molecule has 10 heteroatoms. The first-order valence-electron chi connectivity index (χ1n) is 15.1. The Kier molecular flexibility index (Phi) is 9.13. The molecule has 10 nitrogen and oxygen atoms in total. The number of unbranched alkanes of at least 4 members (excludes halogenated alkanes) is 2. The molecular formula is C32H41N3O7. The van der Waals surface area contributed by atoms with Crippen molar-refractivity contribution in [2.24, 2.45) is 11.8 Å². The van der Waals surface area contributed by atoms with Crippen LogP contribution in [-0.4, -0.2) is 88.7 Å². The lowest BCUT2D eigenvalue weighted by atomic mass is 9.74. The van der Waals surface area contributed by atoms with Gasteiger partial charge in [-0.2, -0.15) is 0 Å². The maximum absolute atomic E-state index is 14.4. The standard InChI is InChI=1S/C32H41N3O7/c1-3-4-10-17-34-18-11-6-9-14-25(37)41-20-23(22-12-7-5-8-13-22)33-29(38)26-24-15-16-32(42-24)27(26)30(39)35(21(2)19-36)28(32)31(34)40/h5-8,11-13,15-16,21,23-24,26-28,36H,3-4,9-10,14,17-20H2,1-2H3,(H,33,38)/b11-6-/t21-,23-,24-,26+,27+,28-,32+/m1/s1. The molecule has 5 rings (SSSR count).